The van der Waals surface area contributed by atoms with E-state index in [0.717, 1.165) is 33.7 Å². The summed E-state index contributed by atoms with van der Waals surface area (Å²) >= 11 is 0. The summed E-state index contributed by atoms with van der Waals surface area (Å²) in [5, 5.41) is 7.44. The highest BCUT2D eigenvalue weighted by molar-refractivity contribution is 6.06. The molecule has 0 unspecified atom stereocenters. The van der Waals surface area contributed by atoms with E-state index in [9.17, 15) is 4.79 Å². The third kappa shape index (κ3) is 4.00. The summed E-state index contributed by atoms with van der Waals surface area (Å²) < 4.78 is 1.97. The zero-order valence-electron chi connectivity index (χ0n) is 17.9. The molecule has 2 aromatic heterocycles. The molecule has 0 aliphatic carbocycles. The predicted octanol–water partition coefficient (Wildman–Crippen LogP) is 3.47. The van der Waals surface area contributed by atoms with Crippen molar-refractivity contribution >= 4 is 22.6 Å². The molecule has 4 aromatic rings. The van der Waals surface area contributed by atoms with Gasteiger partial charge in [0.25, 0.3) is 0 Å². The Morgan fingerprint density at radius 2 is 1.81 bits per heavy atom. The molecule has 7 nitrogen and oxygen atoms in total. The summed E-state index contributed by atoms with van der Waals surface area (Å²) in [5.41, 5.74) is 10.9. The van der Waals surface area contributed by atoms with Crippen molar-refractivity contribution in [1.82, 2.24) is 19.9 Å². The zero-order valence-corrected chi connectivity index (χ0v) is 17.9. The minimum absolute atomic E-state index is 0.450. The average molecular weight is 415 g/mol. The van der Waals surface area contributed by atoms with E-state index >= 15 is 0 Å². The molecule has 0 fully saturated rings. The number of nitrogens with zero attached hydrogens (tertiary/aromatic N) is 3. The summed E-state index contributed by atoms with van der Waals surface area (Å²) in [6.45, 7) is 5.28. The van der Waals surface area contributed by atoms with E-state index in [-0.39, 0.29) is 0 Å². The van der Waals surface area contributed by atoms with Crippen LogP contribution in [0.3, 0.4) is 0 Å². The number of nitrogens with one attached hydrogen (secondary N) is 2. The second kappa shape index (κ2) is 8.57. The van der Waals surface area contributed by atoms with E-state index in [1.807, 2.05) is 61.9 Å². The lowest BCUT2D eigenvalue weighted by Gasteiger charge is -2.16. The van der Waals surface area contributed by atoms with E-state index in [1.54, 1.807) is 6.07 Å². The van der Waals surface area contributed by atoms with Crippen LogP contribution in [-0.4, -0.2) is 27.5 Å². The quantitative estimate of drug-likeness (QED) is 0.430. The SMILES string of the molecule is CNCc1nc(-n2c(C)cc3c(C(N)=O)cccc32)nc(NCc2ccccc2)c1C. The number of nitrogens with two attached hydrogens (primary N) is 1. The van der Waals surface area contributed by atoms with Crippen LogP contribution >= 0.6 is 0 Å². The number of aromatic nitrogens is 3. The molecular formula is C24H26N6O. The molecule has 0 aliphatic rings. The van der Waals surface area contributed by atoms with E-state index in [0.29, 0.717) is 24.6 Å². The number of anilines is 1. The Labute approximate surface area is 181 Å². The van der Waals surface area contributed by atoms with Gasteiger partial charge in [-0.05, 0) is 44.7 Å². The van der Waals surface area contributed by atoms with E-state index < -0.39 is 5.91 Å². The fraction of sp³-hybridized carbons (Fsp3) is 0.208. The molecular weight excluding hydrogens is 388 g/mol. The molecule has 4 N–H and O–H groups in total. The first-order chi connectivity index (χ1) is 15.0. The first-order valence-electron chi connectivity index (χ1n) is 10.2. The number of fused-ring (bicyclic) bond motifs is 1. The number of aryl methyl sites for hydroxylation is 1. The van der Waals surface area contributed by atoms with E-state index in [2.05, 4.69) is 22.8 Å². The van der Waals surface area contributed by atoms with E-state index in [4.69, 9.17) is 15.7 Å². The summed E-state index contributed by atoms with van der Waals surface area (Å²) in [6, 6.07) is 17.7. The maximum Gasteiger partial charge on any atom is 0.249 e. The molecule has 7 heteroatoms. The highest BCUT2D eigenvalue weighted by Gasteiger charge is 2.18. The second-order valence-electron chi connectivity index (χ2n) is 7.54. The largest absolute Gasteiger partial charge is 0.366 e. The molecule has 1 amide bonds. The van der Waals surface area contributed by atoms with Gasteiger partial charge in [0.1, 0.15) is 5.82 Å². The van der Waals surface area contributed by atoms with Crippen LogP contribution in [0.4, 0.5) is 5.82 Å². The average Bonchev–Trinajstić information content (AvgIpc) is 3.10. The summed E-state index contributed by atoms with van der Waals surface area (Å²) in [5.74, 6) is 0.889. The van der Waals surface area contributed by atoms with Gasteiger partial charge in [0.05, 0.1) is 11.2 Å². The Hall–Kier alpha value is -3.71. The van der Waals surface area contributed by atoms with Crippen molar-refractivity contribution < 1.29 is 4.79 Å². The lowest BCUT2D eigenvalue weighted by Crippen LogP contribution is -2.16. The van der Waals surface area contributed by atoms with Crippen LogP contribution < -0.4 is 16.4 Å². The summed E-state index contributed by atoms with van der Waals surface area (Å²) in [6.07, 6.45) is 0. The Morgan fingerprint density at radius 3 is 2.52 bits per heavy atom. The molecule has 4 rings (SSSR count). The normalized spacial score (nSPS) is 11.1. The molecule has 31 heavy (non-hydrogen) atoms. The number of benzene rings is 2. The van der Waals surface area contributed by atoms with Gasteiger partial charge in [0.15, 0.2) is 0 Å². The smallest absolute Gasteiger partial charge is 0.249 e. The van der Waals surface area contributed by atoms with Crippen molar-refractivity contribution in [1.29, 1.82) is 0 Å². The van der Waals surface area contributed by atoms with Crippen LogP contribution in [0.1, 0.15) is 32.9 Å². The van der Waals surface area contributed by atoms with Crippen LogP contribution in [0.25, 0.3) is 16.9 Å². The number of carbonyl (C=O) groups is 1. The van der Waals surface area contributed by atoms with Crippen molar-refractivity contribution in [3.63, 3.8) is 0 Å². The Morgan fingerprint density at radius 1 is 1.03 bits per heavy atom. The van der Waals surface area contributed by atoms with Crippen LogP contribution in [-0.2, 0) is 13.1 Å². The molecule has 0 spiro atoms. The molecule has 2 aromatic carbocycles. The van der Waals surface area contributed by atoms with Crippen LogP contribution in [0.5, 0.6) is 0 Å². The molecule has 0 saturated carbocycles. The van der Waals surface area contributed by atoms with Crippen molar-refractivity contribution in [2.45, 2.75) is 26.9 Å². The lowest BCUT2D eigenvalue weighted by atomic mass is 10.1. The van der Waals surface area contributed by atoms with Crippen LogP contribution in [0, 0.1) is 13.8 Å². The monoisotopic (exact) mass is 414 g/mol. The molecule has 0 aliphatic heterocycles. The van der Waals surface area contributed by atoms with Gasteiger partial charge in [-0.25, -0.2) is 4.98 Å². The van der Waals surface area contributed by atoms with Gasteiger partial charge in [0.2, 0.25) is 11.9 Å². The van der Waals surface area contributed by atoms with E-state index in [1.165, 1.54) is 5.56 Å². The molecule has 0 atom stereocenters. The summed E-state index contributed by atoms with van der Waals surface area (Å²) in [7, 11) is 1.90. The maximum atomic E-state index is 11.9. The van der Waals surface area contributed by atoms with Gasteiger partial charge in [-0.1, -0.05) is 36.4 Å². The molecule has 158 valence electrons. The fourth-order valence-electron chi connectivity index (χ4n) is 3.79. The van der Waals surface area contributed by atoms with Crippen LogP contribution in [0.15, 0.2) is 54.6 Å². The van der Waals surface area contributed by atoms with Gasteiger partial charge in [-0.2, -0.15) is 4.98 Å². The van der Waals surface area contributed by atoms with Crippen molar-refractivity contribution in [2.75, 3.05) is 12.4 Å². The third-order valence-electron chi connectivity index (χ3n) is 5.38. The van der Waals surface area contributed by atoms with Gasteiger partial charge >= 0.3 is 0 Å². The van der Waals surface area contributed by atoms with Gasteiger partial charge in [0, 0.05) is 35.3 Å². The topological polar surface area (TPSA) is 97.9 Å². The molecule has 0 bridgehead atoms. The third-order valence-corrected chi connectivity index (χ3v) is 5.38. The number of carbonyl (C=O) groups excluding carboxylic acids is 1. The number of hydrogen-bond donors (Lipinski definition) is 3. The zero-order chi connectivity index (χ0) is 22.0. The Balaban J connectivity index is 1.83. The van der Waals surface area contributed by atoms with Crippen molar-refractivity contribution in [3.8, 4) is 5.95 Å². The number of hydrogen-bond acceptors (Lipinski definition) is 5. The summed E-state index contributed by atoms with van der Waals surface area (Å²) in [4.78, 5) is 21.6. The maximum absolute atomic E-state index is 11.9. The number of amides is 1. The highest BCUT2D eigenvalue weighted by Crippen LogP contribution is 2.27. The van der Waals surface area contributed by atoms with Gasteiger partial charge in [-0.15, -0.1) is 0 Å². The van der Waals surface area contributed by atoms with Crippen LogP contribution in [0.2, 0.25) is 0 Å². The standard InChI is InChI=1S/C24H26N6O/c1-15-12-19-18(22(25)31)10-7-11-21(19)30(15)24-28-20(14-26-3)16(2)23(29-24)27-13-17-8-5-4-6-9-17/h4-12,26H,13-14H2,1-3H3,(H2,25,31)(H,27,28,29). The van der Waals surface area contributed by atoms with Crippen molar-refractivity contribution in [3.05, 3.63) is 82.7 Å². The molecule has 0 saturated heterocycles. The number of primary amides is 1. The highest BCUT2D eigenvalue weighted by atomic mass is 16.1. The predicted molar refractivity (Wildman–Crippen MR) is 123 cm³/mol. The Kier molecular flexibility index (Phi) is 5.68. The Bertz CT molecular complexity index is 1250. The second-order valence-corrected chi connectivity index (χ2v) is 7.54. The molecule has 0 radical (unpaired) electrons. The first-order valence-corrected chi connectivity index (χ1v) is 10.2. The minimum Gasteiger partial charge on any atom is -0.366 e. The lowest BCUT2D eigenvalue weighted by molar-refractivity contribution is 0.100. The minimum atomic E-state index is -0.450. The van der Waals surface area contributed by atoms with Gasteiger partial charge in [-0.3, -0.25) is 9.36 Å². The fourth-order valence-corrected chi connectivity index (χ4v) is 3.79. The number of rotatable bonds is 7. The van der Waals surface area contributed by atoms with Crippen molar-refractivity contribution in [2.24, 2.45) is 5.73 Å². The molecule has 2 heterocycles. The van der Waals surface area contributed by atoms with Gasteiger partial charge < -0.3 is 16.4 Å². The first kappa shape index (κ1) is 20.6.